The van der Waals surface area contributed by atoms with Gasteiger partial charge in [0.1, 0.15) is 24.2 Å². The average Bonchev–Trinajstić information content (AvgIpc) is 3.00. The minimum Gasteiger partial charge on any atom is -0.756 e. The van der Waals surface area contributed by atoms with Crippen LogP contribution < -0.4 is 10.6 Å². The van der Waals surface area contributed by atoms with Crippen LogP contribution in [0.2, 0.25) is 0 Å². The zero-order valence-electron chi connectivity index (χ0n) is 11.1. The molecular formula is C10H13N5O6P-. The predicted molar refractivity (Wildman–Crippen MR) is 70.0 cm³/mol. The Balaban J connectivity index is 1.78. The minimum atomic E-state index is -4.87. The second-order valence-corrected chi connectivity index (χ2v) is 5.97. The van der Waals surface area contributed by atoms with Gasteiger partial charge in [0, 0.05) is 6.42 Å². The number of phosphoric acid groups is 1. The van der Waals surface area contributed by atoms with Crippen LogP contribution in [0.4, 0.5) is 5.82 Å². The Morgan fingerprint density at radius 1 is 1.55 bits per heavy atom. The summed E-state index contributed by atoms with van der Waals surface area (Å²) in [6.07, 6.45) is 0.414. The van der Waals surface area contributed by atoms with Gasteiger partial charge in [0.05, 0.1) is 19.0 Å². The Kier molecular flexibility index (Phi) is 3.85. The highest BCUT2D eigenvalue weighted by Gasteiger charge is 2.36. The van der Waals surface area contributed by atoms with Gasteiger partial charge in [-0.2, -0.15) is 0 Å². The number of anilines is 1. The number of aromatic nitrogens is 4. The van der Waals surface area contributed by atoms with Gasteiger partial charge < -0.3 is 29.9 Å². The number of ether oxygens (including phenoxy) is 1. The van der Waals surface area contributed by atoms with Gasteiger partial charge in [-0.05, 0) is 0 Å². The molecule has 0 radical (unpaired) electrons. The zero-order valence-corrected chi connectivity index (χ0v) is 12.0. The summed E-state index contributed by atoms with van der Waals surface area (Å²) in [5, 5.41) is 9.91. The molecule has 22 heavy (non-hydrogen) atoms. The van der Waals surface area contributed by atoms with Gasteiger partial charge in [-0.3, -0.25) is 9.13 Å². The molecule has 12 heteroatoms. The lowest BCUT2D eigenvalue weighted by atomic mass is 10.2. The molecule has 3 rings (SSSR count). The van der Waals surface area contributed by atoms with Crippen LogP contribution in [-0.4, -0.2) is 48.3 Å². The first-order chi connectivity index (χ1) is 10.3. The molecule has 120 valence electrons. The summed E-state index contributed by atoms with van der Waals surface area (Å²) in [4.78, 5) is 31.1. The Labute approximate surface area is 124 Å². The highest BCUT2D eigenvalue weighted by Crippen LogP contribution is 2.35. The molecule has 2 aromatic rings. The van der Waals surface area contributed by atoms with E-state index in [1.54, 1.807) is 4.57 Å². The number of nitrogen functional groups attached to an aromatic ring is 1. The molecule has 1 saturated heterocycles. The maximum absolute atomic E-state index is 10.6. The molecule has 0 aromatic carbocycles. The van der Waals surface area contributed by atoms with E-state index in [0.29, 0.717) is 11.2 Å². The highest BCUT2D eigenvalue weighted by molar-refractivity contribution is 7.44. The van der Waals surface area contributed by atoms with E-state index in [1.807, 2.05) is 0 Å². The molecular weight excluding hydrogens is 317 g/mol. The zero-order chi connectivity index (χ0) is 15.9. The number of hydrogen-bond donors (Lipinski definition) is 3. The molecule has 1 aliphatic heterocycles. The van der Waals surface area contributed by atoms with Gasteiger partial charge in [-0.25, -0.2) is 15.0 Å². The quantitative estimate of drug-likeness (QED) is 0.563. The molecule has 0 spiro atoms. The second-order valence-electron chi connectivity index (χ2n) is 4.78. The normalized spacial score (nSPS) is 28.0. The lowest BCUT2D eigenvalue weighted by Crippen LogP contribution is -2.26. The molecule has 0 saturated carbocycles. The Bertz CT molecular complexity index is 732. The summed E-state index contributed by atoms with van der Waals surface area (Å²) in [5.41, 5.74) is 6.52. The molecule has 1 fully saturated rings. The predicted octanol–water partition coefficient (Wildman–Crippen LogP) is -1.47. The van der Waals surface area contributed by atoms with E-state index in [-0.39, 0.29) is 12.2 Å². The fourth-order valence-electron chi connectivity index (χ4n) is 2.28. The summed E-state index contributed by atoms with van der Waals surface area (Å²) in [6, 6.07) is 0. The summed E-state index contributed by atoms with van der Waals surface area (Å²) in [6.45, 7) is -0.487. The lowest BCUT2D eigenvalue weighted by Gasteiger charge is -2.20. The third kappa shape index (κ3) is 2.95. The molecule has 3 heterocycles. The molecule has 1 unspecified atom stereocenters. The number of imidazole rings is 1. The molecule has 2 aromatic heterocycles. The van der Waals surface area contributed by atoms with Gasteiger partial charge in [0.25, 0.3) is 7.82 Å². The third-order valence-electron chi connectivity index (χ3n) is 3.30. The number of hydrogen-bond acceptors (Lipinski definition) is 9. The van der Waals surface area contributed by atoms with Crippen molar-refractivity contribution in [1.82, 2.24) is 19.5 Å². The van der Waals surface area contributed by atoms with E-state index in [1.165, 1.54) is 12.7 Å². The topological polar surface area (TPSA) is 169 Å². The molecule has 11 nitrogen and oxygen atoms in total. The summed E-state index contributed by atoms with van der Waals surface area (Å²) in [7, 11) is -4.87. The van der Waals surface area contributed by atoms with Crippen molar-refractivity contribution in [3.05, 3.63) is 12.7 Å². The van der Waals surface area contributed by atoms with Gasteiger partial charge in [0.15, 0.2) is 11.5 Å². The van der Waals surface area contributed by atoms with E-state index in [0.717, 1.165) is 0 Å². The SMILES string of the molecule is Nc1ncnc2c1ncn2[C@H]1C[C@@H](O)[C@@H](COP(=O)([O-])O)O1. The number of aliphatic hydroxyl groups is 1. The van der Waals surface area contributed by atoms with Crippen molar-refractivity contribution in [2.75, 3.05) is 12.3 Å². The Hall–Kier alpha value is -1.62. The van der Waals surface area contributed by atoms with E-state index in [2.05, 4.69) is 19.5 Å². The Morgan fingerprint density at radius 2 is 2.32 bits per heavy atom. The van der Waals surface area contributed by atoms with Crippen molar-refractivity contribution in [3.63, 3.8) is 0 Å². The van der Waals surface area contributed by atoms with Crippen LogP contribution in [0, 0.1) is 0 Å². The van der Waals surface area contributed by atoms with Crippen molar-refractivity contribution in [3.8, 4) is 0 Å². The molecule has 0 amide bonds. The lowest BCUT2D eigenvalue weighted by molar-refractivity contribution is -0.222. The number of fused-ring (bicyclic) bond motifs is 1. The average molecular weight is 330 g/mol. The molecule has 1 aliphatic rings. The maximum Gasteiger partial charge on any atom is 0.265 e. The first kappa shape index (κ1) is 15.3. The molecule has 0 aliphatic carbocycles. The number of nitrogens with two attached hydrogens (primary N) is 1. The van der Waals surface area contributed by atoms with Crippen molar-refractivity contribution in [2.45, 2.75) is 24.9 Å². The van der Waals surface area contributed by atoms with Crippen LogP contribution >= 0.6 is 7.82 Å². The first-order valence-electron chi connectivity index (χ1n) is 6.30. The van der Waals surface area contributed by atoms with E-state index < -0.39 is 32.9 Å². The fourth-order valence-corrected chi connectivity index (χ4v) is 2.62. The van der Waals surface area contributed by atoms with E-state index in [9.17, 15) is 14.6 Å². The van der Waals surface area contributed by atoms with Crippen LogP contribution in [0.3, 0.4) is 0 Å². The summed E-state index contributed by atoms with van der Waals surface area (Å²) >= 11 is 0. The van der Waals surface area contributed by atoms with E-state index >= 15 is 0 Å². The second kappa shape index (κ2) is 5.54. The van der Waals surface area contributed by atoms with Crippen LogP contribution in [-0.2, 0) is 13.8 Å². The van der Waals surface area contributed by atoms with Gasteiger partial charge in [-0.15, -0.1) is 0 Å². The monoisotopic (exact) mass is 330 g/mol. The standard InChI is InChI=1S/C10H14N5O6P/c11-9-8-10(13-3-12-9)15(4-14-8)7-1-5(16)6(21-7)2-20-22(17,18)19/h3-7,16H,1-2H2,(H2,11,12,13)(H2,17,18,19)/p-1/t5-,6-,7-/m1/s1. The molecule has 4 atom stereocenters. The molecule has 0 bridgehead atoms. The largest absolute Gasteiger partial charge is 0.756 e. The molecule has 4 N–H and O–H groups in total. The van der Waals surface area contributed by atoms with E-state index in [4.69, 9.17) is 15.4 Å². The van der Waals surface area contributed by atoms with Crippen LogP contribution in [0.5, 0.6) is 0 Å². The number of phosphoric ester groups is 1. The number of nitrogens with zero attached hydrogens (tertiary/aromatic N) is 4. The van der Waals surface area contributed by atoms with Crippen molar-refractivity contribution < 1.29 is 28.7 Å². The Morgan fingerprint density at radius 3 is 3.05 bits per heavy atom. The van der Waals surface area contributed by atoms with Crippen LogP contribution in [0.15, 0.2) is 12.7 Å². The smallest absolute Gasteiger partial charge is 0.265 e. The van der Waals surface area contributed by atoms with Crippen molar-refractivity contribution >= 4 is 24.8 Å². The number of aliphatic hydroxyl groups excluding tert-OH is 1. The fraction of sp³-hybridized carbons (Fsp3) is 0.500. The maximum atomic E-state index is 10.6. The summed E-state index contributed by atoms with van der Waals surface area (Å²) < 4.78 is 21.9. The third-order valence-corrected chi connectivity index (χ3v) is 3.78. The number of rotatable bonds is 4. The van der Waals surface area contributed by atoms with Crippen LogP contribution in [0.25, 0.3) is 11.2 Å². The van der Waals surface area contributed by atoms with Crippen LogP contribution in [0.1, 0.15) is 12.6 Å². The van der Waals surface area contributed by atoms with Crippen molar-refractivity contribution in [1.29, 1.82) is 0 Å². The first-order valence-corrected chi connectivity index (χ1v) is 7.79. The van der Waals surface area contributed by atoms with Gasteiger partial charge >= 0.3 is 0 Å². The summed E-state index contributed by atoms with van der Waals surface area (Å²) in [5.74, 6) is 0.217. The van der Waals surface area contributed by atoms with Gasteiger partial charge in [0.2, 0.25) is 0 Å². The van der Waals surface area contributed by atoms with Gasteiger partial charge in [-0.1, -0.05) is 0 Å². The van der Waals surface area contributed by atoms with Crippen molar-refractivity contribution in [2.24, 2.45) is 0 Å². The highest BCUT2D eigenvalue weighted by atomic mass is 31.2. The minimum absolute atomic E-state index is 0.179.